The van der Waals surface area contributed by atoms with E-state index in [9.17, 15) is 9.18 Å². The molecule has 1 amide bonds. The Hall–Kier alpha value is -3.23. The van der Waals surface area contributed by atoms with E-state index in [0.717, 1.165) is 62.3 Å². The molecule has 2 aliphatic rings. The number of anilines is 2. The van der Waals surface area contributed by atoms with Gasteiger partial charge in [0.2, 0.25) is 5.91 Å². The van der Waals surface area contributed by atoms with Gasteiger partial charge in [0, 0.05) is 38.1 Å². The van der Waals surface area contributed by atoms with Gasteiger partial charge < -0.3 is 15.1 Å². The molecule has 1 N–H and O–H groups in total. The number of fused-ring (bicyclic) bond motifs is 1. The number of carbonyl (C=O) groups excluding carboxylic acids is 1. The van der Waals surface area contributed by atoms with Gasteiger partial charge in [0.15, 0.2) is 5.65 Å². The first kappa shape index (κ1) is 20.7. The number of nitrogens with zero attached hydrogens (tertiary/aromatic N) is 6. The number of aromatic nitrogens is 4. The van der Waals surface area contributed by atoms with Crippen molar-refractivity contribution in [3.63, 3.8) is 0 Å². The number of carbonyl (C=O) groups is 1. The van der Waals surface area contributed by atoms with Crippen LogP contribution < -0.4 is 15.1 Å². The average molecular weight is 438 g/mol. The summed E-state index contributed by atoms with van der Waals surface area (Å²) < 4.78 is 16.0. The fraction of sp³-hybridized carbons (Fsp3) is 0.478. The third-order valence-corrected chi connectivity index (χ3v) is 6.55. The Morgan fingerprint density at radius 1 is 1.09 bits per heavy atom. The number of benzene rings is 1. The molecule has 0 saturated carbocycles. The molecule has 32 heavy (non-hydrogen) atoms. The highest BCUT2D eigenvalue weighted by Gasteiger charge is 2.29. The highest BCUT2D eigenvalue weighted by Crippen LogP contribution is 2.26. The first-order valence-electron chi connectivity index (χ1n) is 11.3. The molecule has 0 aliphatic carbocycles. The van der Waals surface area contributed by atoms with Gasteiger partial charge in [0.05, 0.1) is 5.69 Å². The number of rotatable bonds is 4. The first-order valence-corrected chi connectivity index (χ1v) is 11.3. The van der Waals surface area contributed by atoms with E-state index < -0.39 is 0 Å². The van der Waals surface area contributed by atoms with Crippen LogP contribution in [0.3, 0.4) is 0 Å². The summed E-state index contributed by atoms with van der Waals surface area (Å²) in [6.45, 7) is 5.00. The number of aryl methyl sites for hydroxylation is 1. The smallest absolute Gasteiger partial charge is 0.223 e. The van der Waals surface area contributed by atoms with Crippen molar-refractivity contribution in [1.82, 2.24) is 25.1 Å². The van der Waals surface area contributed by atoms with Gasteiger partial charge >= 0.3 is 0 Å². The minimum atomic E-state index is -0.201. The highest BCUT2D eigenvalue weighted by molar-refractivity contribution is 5.79. The number of nitrogens with one attached hydrogen (secondary N) is 1. The molecule has 9 heteroatoms. The Balaban J connectivity index is 1.16. The second-order valence-corrected chi connectivity index (χ2v) is 8.84. The lowest BCUT2D eigenvalue weighted by Crippen LogP contribution is -2.50. The Labute approximate surface area is 186 Å². The summed E-state index contributed by atoms with van der Waals surface area (Å²) >= 11 is 0. The van der Waals surface area contributed by atoms with Crippen LogP contribution in [0.1, 0.15) is 31.2 Å². The largest absolute Gasteiger partial charge is 0.367 e. The minimum Gasteiger partial charge on any atom is -0.367 e. The molecular formula is C23H28FN7O. The average Bonchev–Trinajstić information content (AvgIpc) is 3.29. The van der Waals surface area contributed by atoms with Crippen LogP contribution in [0, 0.1) is 18.7 Å². The molecule has 3 aromatic rings. The van der Waals surface area contributed by atoms with Crippen LogP contribution in [0.2, 0.25) is 0 Å². The molecular weight excluding hydrogens is 409 g/mol. The standard InChI is InChI=1S/C23H28FN7O/c1-16-4-5-19(24)20(13-16)30-10-2-3-18(14-30)26-23(32)17-8-11-29(12-9-17)22-7-6-21-27-25-15-31(21)28-22/h4-7,13,15,17-18H,2-3,8-12,14H2,1H3,(H,26,32). The zero-order valence-electron chi connectivity index (χ0n) is 18.2. The third kappa shape index (κ3) is 4.24. The van der Waals surface area contributed by atoms with Crippen LogP contribution >= 0.6 is 0 Å². The Morgan fingerprint density at radius 3 is 2.78 bits per heavy atom. The van der Waals surface area contributed by atoms with Gasteiger partial charge in [0.1, 0.15) is 18.0 Å². The second-order valence-electron chi connectivity index (χ2n) is 8.84. The number of halogens is 1. The molecule has 1 unspecified atom stereocenters. The summed E-state index contributed by atoms with van der Waals surface area (Å²) in [5.41, 5.74) is 2.39. The lowest BCUT2D eigenvalue weighted by molar-refractivity contribution is -0.126. The van der Waals surface area contributed by atoms with Crippen LogP contribution in [0.15, 0.2) is 36.7 Å². The molecule has 2 saturated heterocycles. The molecule has 2 aromatic heterocycles. The summed E-state index contributed by atoms with van der Waals surface area (Å²) in [5, 5.41) is 15.6. The molecule has 0 spiro atoms. The van der Waals surface area contributed by atoms with E-state index in [1.54, 1.807) is 16.9 Å². The predicted octanol–water partition coefficient (Wildman–Crippen LogP) is 2.57. The van der Waals surface area contributed by atoms with Gasteiger partial charge in [-0.25, -0.2) is 4.39 Å². The fourth-order valence-electron chi connectivity index (χ4n) is 4.76. The van der Waals surface area contributed by atoms with Crippen molar-refractivity contribution in [2.24, 2.45) is 5.92 Å². The van der Waals surface area contributed by atoms with E-state index >= 15 is 0 Å². The van der Waals surface area contributed by atoms with Crippen LogP contribution in [-0.2, 0) is 4.79 Å². The Kier molecular flexibility index (Phi) is 5.63. The number of amides is 1. The third-order valence-electron chi connectivity index (χ3n) is 6.55. The monoisotopic (exact) mass is 437 g/mol. The van der Waals surface area contributed by atoms with Gasteiger partial charge in [-0.05, 0) is 62.4 Å². The molecule has 8 nitrogen and oxygen atoms in total. The van der Waals surface area contributed by atoms with E-state index in [2.05, 4.69) is 30.4 Å². The maximum absolute atomic E-state index is 14.3. The van der Waals surface area contributed by atoms with Crippen molar-refractivity contribution >= 4 is 23.1 Å². The van der Waals surface area contributed by atoms with Gasteiger partial charge in [-0.15, -0.1) is 15.3 Å². The molecule has 168 valence electrons. The van der Waals surface area contributed by atoms with Crippen molar-refractivity contribution in [3.05, 3.63) is 48.0 Å². The van der Waals surface area contributed by atoms with Crippen molar-refractivity contribution in [2.45, 2.75) is 38.6 Å². The molecule has 5 rings (SSSR count). The van der Waals surface area contributed by atoms with Crippen molar-refractivity contribution in [2.75, 3.05) is 36.0 Å². The summed E-state index contributed by atoms with van der Waals surface area (Å²) in [6, 6.07) is 9.10. The van der Waals surface area contributed by atoms with Crippen molar-refractivity contribution in [3.8, 4) is 0 Å². The fourth-order valence-corrected chi connectivity index (χ4v) is 4.76. The van der Waals surface area contributed by atoms with Crippen LogP contribution in [0.4, 0.5) is 15.9 Å². The van der Waals surface area contributed by atoms with E-state index in [-0.39, 0.29) is 23.7 Å². The number of hydrogen-bond acceptors (Lipinski definition) is 6. The Morgan fingerprint density at radius 2 is 1.94 bits per heavy atom. The molecule has 0 radical (unpaired) electrons. The van der Waals surface area contributed by atoms with Crippen molar-refractivity contribution < 1.29 is 9.18 Å². The SMILES string of the molecule is Cc1ccc(F)c(N2CCCC(NC(=O)C3CCN(c4ccc5nncn5n4)CC3)C2)c1. The molecule has 2 aliphatic heterocycles. The topological polar surface area (TPSA) is 78.7 Å². The summed E-state index contributed by atoms with van der Waals surface area (Å²) in [7, 11) is 0. The molecule has 2 fully saturated rings. The van der Waals surface area contributed by atoms with Gasteiger partial charge in [0.25, 0.3) is 0 Å². The maximum Gasteiger partial charge on any atom is 0.223 e. The lowest BCUT2D eigenvalue weighted by Gasteiger charge is -2.37. The summed E-state index contributed by atoms with van der Waals surface area (Å²) in [6.07, 6.45) is 5.04. The van der Waals surface area contributed by atoms with E-state index in [1.807, 2.05) is 25.1 Å². The summed E-state index contributed by atoms with van der Waals surface area (Å²) in [4.78, 5) is 17.2. The van der Waals surface area contributed by atoms with Crippen LogP contribution in [-0.4, -0.2) is 57.9 Å². The van der Waals surface area contributed by atoms with E-state index in [1.165, 1.54) is 6.07 Å². The van der Waals surface area contributed by atoms with Crippen molar-refractivity contribution in [1.29, 1.82) is 0 Å². The highest BCUT2D eigenvalue weighted by atomic mass is 19.1. The van der Waals surface area contributed by atoms with Crippen LogP contribution in [0.25, 0.3) is 5.65 Å². The predicted molar refractivity (Wildman–Crippen MR) is 120 cm³/mol. The molecule has 0 bridgehead atoms. The van der Waals surface area contributed by atoms with Gasteiger partial charge in [-0.3, -0.25) is 4.79 Å². The first-order chi connectivity index (χ1) is 15.6. The normalized spacial score (nSPS) is 20.0. The Bertz CT molecular complexity index is 1110. The number of hydrogen-bond donors (Lipinski definition) is 1. The van der Waals surface area contributed by atoms with E-state index in [0.29, 0.717) is 12.2 Å². The van der Waals surface area contributed by atoms with Gasteiger partial charge in [-0.1, -0.05) is 6.07 Å². The maximum atomic E-state index is 14.3. The van der Waals surface area contributed by atoms with Crippen LogP contribution in [0.5, 0.6) is 0 Å². The quantitative estimate of drug-likeness (QED) is 0.676. The van der Waals surface area contributed by atoms with E-state index in [4.69, 9.17) is 0 Å². The minimum absolute atomic E-state index is 0.00373. The molecule has 4 heterocycles. The molecule has 1 aromatic carbocycles. The zero-order valence-corrected chi connectivity index (χ0v) is 18.2. The van der Waals surface area contributed by atoms with Gasteiger partial charge in [-0.2, -0.15) is 4.52 Å². The number of piperidine rings is 2. The second kappa shape index (κ2) is 8.72. The zero-order chi connectivity index (χ0) is 22.1. The lowest BCUT2D eigenvalue weighted by atomic mass is 9.94. The molecule has 1 atom stereocenters. The summed E-state index contributed by atoms with van der Waals surface area (Å²) in [5.74, 6) is 0.784.